The van der Waals surface area contributed by atoms with E-state index in [0.717, 1.165) is 0 Å². The standard InChI is InChI=1S/C11H20O4/c1-6-13-8-11(5,14-7-2)15-10(12)9(3)4/h3,6-8H2,1-2,4-5H3. The third kappa shape index (κ3) is 5.54. The molecule has 0 heterocycles. The van der Waals surface area contributed by atoms with Crippen molar-refractivity contribution in [3.05, 3.63) is 12.2 Å². The van der Waals surface area contributed by atoms with E-state index < -0.39 is 11.8 Å². The average molecular weight is 216 g/mol. The highest BCUT2D eigenvalue weighted by Gasteiger charge is 2.29. The first-order chi connectivity index (χ1) is 6.95. The van der Waals surface area contributed by atoms with Crippen LogP contribution in [0.1, 0.15) is 27.7 Å². The Labute approximate surface area is 91.2 Å². The van der Waals surface area contributed by atoms with Gasteiger partial charge in [0.15, 0.2) is 0 Å². The molecule has 0 N–H and O–H groups in total. The lowest BCUT2D eigenvalue weighted by atomic mass is 10.3. The molecule has 88 valence electrons. The van der Waals surface area contributed by atoms with Gasteiger partial charge in [0.2, 0.25) is 5.79 Å². The molecule has 4 heteroatoms. The largest absolute Gasteiger partial charge is 0.427 e. The van der Waals surface area contributed by atoms with Gasteiger partial charge in [-0.2, -0.15) is 0 Å². The molecule has 0 fully saturated rings. The zero-order valence-electron chi connectivity index (χ0n) is 9.96. The summed E-state index contributed by atoms with van der Waals surface area (Å²) >= 11 is 0. The Balaban J connectivity index is 4.35. The molecule has 0 aromatic rings. The second-order valence-electron chi connectivity index (χ2n) is 3.37. The molecule has 0 aliphatic rings. The van der Waals surface area contributed by atoms with E-state index in [9.17, 15) is 4.79 Å². The third-order valence-electron chi connectivity index (χ3n) is 1.68. The van der Waals surface area contributed by atoms with Crippen molar-refractivity contribution >= 4 is 5.97 Å². The first-order valence-corrected chi connectivity index (χ1v) is 5.05. The lowest BCUT2D eigenvalue weighted by Crippen LogP contribution is -2.40. The van der Waals surface area contributed by atoms with E-state index in [1.807, 2.05) is 13.8 Å². The SMILES string of the molecule is C=C(C)C(=O)OC(C)(COCC)OCC. The van der Waals surface area contributed by atoms with Crippen LogP contribution in [0.4, 0.5) is 0 Å². The van der Waals surface area contributed by atoms with Crippen molar-refractivity contribution in [3.63, 3.8) is 0 Å². The lowest BCUT2D eigenvalue weighted by Gasteiger charge is -2.28. The van der Waals surface area contributed by atoms with Crippen LogP contribution in [0, 0.1) is 0 Å². The van der Waals surface area contributed by atoms with Crippen LogP contribution in [0.5, 0.6) is 0 Å². The molecule has 4 nitrogen and oxygen atoms in total. The molecule has 15 heavy (non-hydrogen) atoms. The van der Waals surface area contributed by atoms with Gasteiger partial charge in [0.1, 0.15) is 6.61 Å². The molecule has 0 radical (unpaired) electrons. The molecule has 0 aliphatic carbocycles. The molecule has 0 rings (SSSR count). The zero-order valence-corrected chi connectivity index (χ0v) is 9.96. The number of carbonyl (C=O) groups is 1. The van der Waals surface area contributed by atoms with Crippen molar-refractivity contribution in [2.24, 2.45) is 0 Å². The van der Waals surface area contributed by atoms with Gasteiger partial charge in [-0.15, -0.1) is 0 Å². The van der Waals surface area contributed by atoms with Crippen molar-refractivity contribution < 1.29 is 19.0 Å². The molecule has 0 saturated carbocycles. The Kier molecular flexibility index (Phi) is 6.20. The molecule has 0 amide bonds. The van der Waals surface area contributed by atoms with E-state index in [4.69, 9.17) is 14.2 Å². The number of rotatable bonds is 7. The number of carbonyl (C=O) groups excluding carboxylic acids is 1. The van der Waals surface area contributed by atoms with Gasteiger partial charge in [-0.05, 0) is 20.8 Å². The monoisotopic (exact) mass is 216 g/mol. The topological polar surface area (TPSA) is 44.8 Å². The maximum Gasteiger partial charge on any atom is 0.335 e. The van der Waals surface area contributed by atoms with Gasteiger partial charge in [-0.3, -0.25) is 0 Å². The Morgan fingerprint density at radius 2 is 1.93 bits per heavy atom. The summed E-state index contributed by atoms with van der Waals surface area (Å²) in [6.45, 7) is 11.7. The van der Waals surface area contributed by atoms with Crippen LogP contribution >= 0.6 is 0 Å². The van der Waals surface area contributed by atoms with Gasteiger partial charge in [0.05, 0.1) is 0 Å². The normalized spacial score (nSPS) is 14.4. The van der Waals surface area contributed by atoms with Crippen LogP contribution in [0.25, 0.3) is 0 Å². The molecular formula is C11H20O4. The van der Waals surface area contributed by atoms with E-state index >= 15 is 0 Å². The first kappa shape index (κ1) is 14.1. The van der Waals surface area contributed by atoms with Crippen molar-refractivity contribution in [1.29, 1.82) is 0 Å². The molecule has 0 bridgehead atoms. The Hall–Kier alpha value is -0.870. The summed E-state index contributed by atoms with van der Waals surface area (Å²) in [6.07, 6.45) is 0. The van der Waals surface area contributed by atoms with E-state index in [1.165, 1.54) is 0 Å². The van der Waals surface area contributed by atoms with Crippen molar-refractivity contribution in [2.75, 3.05) is 19.8 Å². The minimum Gasteiger partial charge on any atom is -0.427 e. The van der Waals surface area contributed by atoms with Crippen LogP contribution in [-0.4, -0.2) is 31.6 Å². The Morgan fingerprint density at radius 3 is 2.33 bits per heavy atom. The molecule has 1 atom stereocenters. The molecule has 0 spiro atoms. The quantitative estimate of drug-likeness (QED) is 0.370. The number of ether oxygens (including phenoxy) is 3. The van der Waals surface area contributed by atoms with E-state index in [0.29, 0.717) is 18.8 Å². The van der Waals surface area contributed by atoms with Crippen LogP contribution in [0.3, 0.4) is 0 Å². The molecule has 0 aromatic carbocycles. The summed E-state index contributed by atoms with van der Waals surface area (Å²) in [4.78, 5) is 11.3. The average Bonchev–Trinajstić information content (AvgIpc) is 2.15. The van der Waals surface area contributed by atoms with Gasteiger partial charge in [-0.25, -0.2) is 4.79 Å². The van der Waals surface area contributed by atoms with Crippen LogP contribution in [-0.2, 0) is 19.0 Å². The number of esters is 1. The van der Waals surface area contributed by atoms with Crippen molar-refractivity contribution in [1.82, 2.24) is 0 Å². The lowest BCUT2D eigenvalue weighted by molar-refractivity contribution is -0.238. The second kappa shape index (κ2) is 6.58. The number of hydrogen-bond acceptors (Lipinski definition) is 4. The molecule has 0 saturated heterocycles. The molecule has 0 aliphatic heterocycles. The first-order valence-electron chi connectivity index (χ1n) is 5.05. The third-order valence-corrected chi connectivity index (χ3v) is 1.68. The predicted octanol–water partition coefficient (Wildman–Crippen LogP) is 1.89. The Morgan fingerprint density at radius 1 is 1.33 bits per heavy atom. The maximum absolute atomic E-state index is 11.3. The fourth-order valence-corrected chi connectivity index (χ4v) is 0.977. The van der Waals surface area contributed by atoms with Crippen LogP contribution < -0.4 is 0 Å². The minimum absolute atomic E-state index is 0.219. The molecular weight excluding hydrogens is 196 g/mol. The molecule has 1 unspecified atom stereocenters. The fraction of sp³-hybridized carbons (Fsp3) is 0.727. The van der Waals surface area contributed by atoms with Gasteiger partial charge >= 0.3 is 5.97 Å². The van der Waals surface area contributed by atoms with E-state index in [2.05, 4.69) is 6.58 Å². The minimum atomic E-state index is -1.03. The number of hydrogen-bond donors (Lipinski definition) is 0. The summed E-state index contributed by atoms with van der Waals surface area (Å²) < 4.78 is 15.7. The van der Waals surface area contributed by atoms with Crippen molar-refractivity contribution in [3.8, 4) is 0 Å². The highest BCUT2D eigenvalue weighted by molar-refractivity contribution is 5.87. The van der Waals surface area contributed by atoms with Gasteiger partial charge < -0.3 is 14.2 Å². The van der Waals surface area contributed by atoms with Crippen LogP contribution in [0.15, 0.2) is 12.2 Å². The summed E-state index contributed by atoms with van der Waals surface area (Å²) in [5.41, 5.74) is 0.345. The predicted molar refractivity (Wildman–Crippen MR) is 57.4 cm³/mol. The zero-order chi connectivity index (χ0) is 11.9. The van der Waals surface area contributed by atoms with Gasteiger partial charge in [0.25, 0.3) is 0 Å². The van der Waals surface area contributed by atoms with E-state index in [-0.39, 0.29) is 6.61 Å². The fourth-order valence-electron chi connectivity index (χ4n) is 0.977. The maximum atomic E-state index is 11.3. The Bertz CT molecular complexity index is 225. The summed E-state index contributed by atoms with van der Waals surface area (Å²) in [6, 6.07) is 0. The van der Waals surface area contributed by atoms with Gasteiger partial charge in [0, 0.05) is 25.7 Å². The highest BCUT2D eigenvalue weighted by Crippen LogP contribution is 2.15. The smallest absolute Gasteiger partial charge is 0.335 e. The summed E-state index contributed by atoms with van der Waals surface area (Å²) in [7, 11) is 0. The van der Waals surface area contributed by atoms with Crippen molar-refractivity contribution in [2.45, 2.75) is 33.5 Å². The molecule has 0 aromatic heterocycles. The summed E-state index contributed by atoms with van der Waals surface area (Å²) in [5.74, 6) is -1.49. The van der Waals surface area contributed by atoms with Crippen LogP contribution in [0.2, 0.25) is 0 Å². The summed E-state index contributed by atoms with van der Waals surface area (Å²) in [5, 5.41) is 0. The van der Waals surface area contributed by atoms with Gasteiger partial charge in [-0.1, -0.05) is 6.58 Å². The van der Waals surface area contributed by atoms with E-state index in [1.54, 1.807) is 13.8 Å². The highest BCUT2D eigenvalue weighted by atomic mass is 16.7. The second-order valence-corrected chi connectivity index (χ2v) is 3.37.